The first-order chi connectivity index (χ1) is 16.8. The number of nitrogens with zero attached hydrogens (tertiary/aromatic N) is 1. The summed E-state index contributed by atoms with van der Waals surface area (Å²) in [5, 5.41) is 11.9. The predicted molar refractivity (Wildman–Crippen MR) is 136 cm³/mol. The first-order valence-electron chi connectivity index (χ1n) is 11.4. The van der Waals surface area contributed by atoms with E-state index in [9.17, 15) is 4.79 Å². The van der Waals surface area contributed by atoms with Crippen LogP contribution in [0.1, 0.15) is 43.7 Å². The summed E-state index contributed by atoms with van der Waals surface area (Å²) in [6, 6.07) is 11.3. The van der Waals surface area contributed by atoms with Crippen molar-refractivity contribution in [2.45, 2.75) is 32.6 Å². The van der Waals surface area contributed by atoms with E-state index in [1.54, 1.807) is 27.4 Å². The van der Waals surface area contributed by atoms with E-state index in [0.717, 1.165) is 40.1 Å². The fourth-order valence-electron chi connectivity index (χ4n) is 5.22. The number of nitrogens with one attached hydrogen (secondary N) is 2. The second-order valence-corrected chi connectivity index (χ2v) is 10.1. The minimum Gasteiger partial charge on any atom is -0.496 e. The lowest BCUT2D eigenvalue weighted by Crippen LogP contribution is -2.33. The number of Topliss-reactive ketones (excluding diaryl/α,β-unsaturated/α-hetero) is 1. The number of carbonyl (C=O) groups excluding carboxylic acids is 1. The van der Waals surface area contributed by atoms with E-state index >= 15 is 0 Å². The summed E-state index contributed by atoms with van der Waals surface area (Å²) in [6.07, 6.45) is 1.20. The molecule has 7 nitrogen and oxygen atoms in total. The molecule has 182 valence electrons. The van der Waals surface area contributed by atoms with Gasteiger partial charge in [-0.3, -0.25) is 9.89 Å². The van der Waals surface area contributed by atoms with Crippen LogP contribution in [0.2, 0.25) is 5.02 Å². The van der Waals surface area contributed by atoms with E-state index in [1.165, 1.54) is 0 Å². The number of benzene rings is 2. The van der Waals surface area contributed by atoms with Crippen molar-refractivity contribution in [2.24, 2.45) is 5.41 Å². The van der Waals surface area contributed by atoms with Crippen LogP contribution in [0.15, 0.2) is 47.7 Å². The van der Waals surface area contributed by atoms with Crippen LogP contribution in [0, 0.1) is 5.41 Å². The number of fused-ring (bicyclic) bond motifs is 1. The molecule has 5 rings (SSSR count). The van der Waals surface area contributed by atoms with Crippen molar-refractivity contribution in [3.8, 4) is 28.5 Å². The molecule has 2 aromatic carbocycles. The molecule has 0 bridgehead atoms. The van der Waals surface area contributed by atoms with E-state index in [-0.39, 0.29) is 11.2 Å². The first kappa shape index (κ1) is 23.3. The Kier molecular flexibility index (Phi) is 5.75. The highest BCUT2D eigenvalue weighted by Crippen LogP contribution is 2.53. The van der Waals surface area contributed by atoms with Gasteiger partial charge in [-0.25, -0.2) is 0 Å². The number of anilines is 1. The Bertz CT molecular complexity index is 1340. The quantitative estimate of drug-likeness (QED) is 0.456. The van der Waals surface area contributed by atoms with Crippen molar-refractivity contribution in [1.82, 2.24) is 10.2 Å². The molecule has 0 unspecified atom stereocenters. The van der Waals surface area contributed by atoms with Gasteiger partial charge in [0.05, 0.1) is 27.0 Å². The molecule has 0 radical (unpaired) electrons. The summed E-state index contributed by atoms with van der Waals surface area (Å²) in [7, 11) is 4.79. The number of hydrogen-bond acceptors (Lipinski definition) is 6. The molecule has 0 saturated carbocycles. The molecule has 2 N–H and O–H groups in total. The van der Waals surface area contributed by atoms with Crippen LogP contribution in [0.4, 0.5) is 5.82 Å². The third kappa shape index (κ3) is 3.93. The lowest BCUT2D eigenvalue weighted by atomic mass is 9.68. The lowest BCUT2D eigenvalue weighted by molar-refractivity contribution is -0.118. The van der Waals surface area contributed by atoms with Crippen LogP contribution in [0.25, 0.3) is 11.3 Å². The van der Waals surface area contributed by atoms with E-state index in [2.05, 4.69) is 29.4 Å². The van der Waals surface area contributed by atoms with E-state index in [0.29, 0.717) is 34.5 Å². The highest BCUT2D eigenvalue weighted by Gasteiger charge is 2.44. The summed E-state index contributed by atoms with van der Waals surface area (Å²) < 4.78 is 16.9. The molecular weight excluding hydrogens is 466 g/mol. The zero-order chi connectivity index (χ0) is 24.9. The van der Waals surface area contributed by atoms with Crippen molar-refractivity contribution in [2.75, 3.05) is 26.6 Å². The summed E-state index contributed by atoms with van der Waals surface area (Å²) in [6.45, 7) is 4.23. The molecular formula is C27H28ClN3O4. The molecule has 1 aromatic heterocycles. The fraction of sp³-hybridized carbons (Fsp3) is 0.333. The van der Waals surface area contributed by atoms with Crippen molar-refractivity contribution >= 4 is 23.2 Å². The Balaban J connectivity index is 1.79. The molecule has 1 aliphatic carbocycles. The maximum absolute atomic E-state index is 13.7. The van der Waals surface area contributed by atoms with E-state index in [1.807, 2.05) is 30.3 Å². The molecule has 2 heterocycles. The minimum atomic E-state index is -0.413. The van der Waals surface area contributed by atoms with Crippen LogP contribution >= 0.6 is 11.6 Å². The van der Waals surface area contributed by atoms with Crippen LogP contribution < -0.4 is 19.5 Å². The number of ether oxygens (including phenoxy) is 3. The average molecular weight is 494 g/mol. The van der Waals surface area contributed by atoms with E-state index < -0.39 is 5.92 Å². The monoisotopic (exact) mass is 493 g/mol. The van der Waals surface area contributed by atoms with Crippen molar-refractivity contribution in [3.63, 3.8) is 0 Å². The number of allylic oxidation sites excluding steroid dienone is 2. The molecule has 0 fully saturated rings. The van der Waals surface area contributed by atoms with Crippen molar-refractivity contribution in [3.05, 3.63) is 63.8 Å². The summed E-state index contributed by atoms with van der Waals surface area (Å²) in [4.78, 5) is 13.7. The number of carbonyl (C=O) groups is 1. The topological polar surface area (TPSA) is 85.5 Å². The predicted octanol–water partition coefficient (Wildman–Crippen LogP) is 5.96. The molecule has 35 heavy (non-hydrogen) atoms. The van der Waals surface area contributed by atoms with Gasteiger partial charge < -0.3 is 19.5 Å². The Morgan fingerprint density at radius 2 is 1.63 bits per heavy atom. The Morgan fingerprint density at radius 1 is 0.971 bits per heavy atom. The summed E-state index contributed by atoms with van der Waals surface area (Å²) in [5.41, 5.74) is 4.91. The second-order valence-electron chi connectivity index (χ2n) is 9.71. The molecule has 2 aliphatic rings. The molecule has 0 saturated heterocycles. The summed E-state index contributed by atoms with van der Waals surface area (Å²) in [5.74, 6) is 2.11. The number of halogens is 1. The number of aromatic amines is 1. The molecule has 1 atom stereocenters. The number of rotatable bonds is 5. The largest absolute Gasteiger partial charge is 0.496 e. The first-order valence-corrected chi connectivity index (χ1v) is 11.8. The third-order valence-electron chi connectivity index (χ3n) is 6.75. The van der Waals surface area contributed by atoms with Gasteiger partial charge in [0.15, 0.2) is 23.1 Å². The van der Waals surface area contributed by atoms with Crippen LogP contribution in [0.3, 0.4) is 0 Å². The van der Waals surface area contributed by atoms with Gasteiger partial charge in [0.2, 0.25) is 0 Å². The highest BCUT2D eigenvalue weighted by atomic mass is 35.5. The van der Waals surface area contributed by atoms with Gasteiger partial charge in [-0.1, -0.05) is 37.6 Å². The normalized spacial score (nSPS) is 18.5. The third-order valence-corrected chi connectivity index (χ3v) is 7.00. The van der Waals surface area contributed by atoms with Crippen LogP contribution in [0.5, 0.6) is 17.2 Å². The van der Waals surface area contributed by atoms with Gasteiger partial charge in [-0.05, 0) is 30.0 Å². The van der Waals surface area contributed by atoms with Gasteiger partial charge in [-0.15, -0.1) is 0 Å². The number of ketones is 1. The Morgan fingerprint density at radius 3 is 2.29 bits per heavy atom. The summed E-state index contributed by atoms with van der Waals surface area (Å²) >= 11 is 6.15. The maximum Gasteiger partial charge on any atom is 0.164 e. The molecule has 3 aromatic rings. The van der Waals surface area contributed by atoms with Gasteiger partial charge >= 0.3 is 0 Å². The zero-order valence-corrected chi connectivity index (χ0v) is 21.2. The molecule has 8 heteroatoms. The molecule has 0 amide bonds. The van der Waals surface area contributed by atoms with Gasteiger partial charge in [0, 0.05) is 51.4 Å². The van der Waals surface area contributed by atoms with Gasteiger partial charge in [0.1, 0.15) is 5.75 Å². The van der Waals surface area contributed by atoms with Gasteiger partial charge in [0.25, 0.3) is 0 Å². The SMILES string of the molecule is COc1cc(OC)c([C@H]2C3=C(CC(C)(C)CC3=O)Nc3n[nH]c(-c4ccc(Cl)cc4)c32)cc1OC. The zero-order valence-electron chi connectivity index (χ0n) is 20.4. The smallest absolute Gasteiger partial charge is 0.164 e. The maximum atomic E-state index is 13.7. The fourth-order valence-corrected chi connectivity index (χ4v) is 5.35. The van der Waals surface area contributed by atoms with Crippen molar-refractivity contribution in [1.29, 1.82) is 0 Å². The Labute approximate surface area is 209 Å². The molecule has 0 spiro atoms. The highest BCUT2D eigenvalue weighted by molar-refractivity contribution is 6.30. The number of methoxy groups -OCH3 is 3. The van der Waals surface area contributed by atoms with Crippen LogP contribution in [-0.2, 0) is 4.79 Å². The van der Waals surface area contributed by atoms with Crippen LogP contribution in [-0.4, -0.2) is 37.3 Å². The van der Waals surface area contributed by atoms with Gasteiger partial charge in [-0.2, -0.15) is 5.10 Å². The average Bonchev–Trinajstić information content (AvgIpc) is 3.25. The lowest BCUT2D eigenvalue weighted by Gasteiger charge is -2.38. The number of hydrogen-bond donors (Lipinski definition) is 2. The number of H-pyrrole nitrogens is 1. The number of aromatic nitrogens is 2. The van der Waals surface area contributed by atoms with E-state index in [4.69, 9.17) is 25.8 Å². The minimum absolute atomic E-state index is 0.111. The molecule has 1 aliphatic heterocycles. The standard InChI is InChI=1S/C27H28ClN3O4/c1-27(2)12-17-23(18(32)13-27)22(16-10-20(34-4)21(35-5)11-19(16)33-3)24-25(30-31-26(24)29-17)14-6-8-15(28)9-7-14/h6-11,22H,12-13H2,1-5H3,(H2,29,30,31)/t22-/m0/s1. The second kappa shape index (κ2) is 8.64. The Hall–Kier alpha value is -3.45. The van der Waals surface area contributed by atoms with Crippen molar-refractivity contribution < 1.29 is 19.0 Å².